The van der Waals surface area contributed by atoms with E-state index in [4.69, 9.17) is 0 Å². The molecule has 1 amide bonds. The van der Waals surface area contributed by atoms with E-state index in [9.17, 15) is 14.4 Å². The molecule has 2 aliphatic heterocycles. The number of halogens is 1. The third-order valence-electron chi connectivity index (χ3n) is 4.70. The second-order valence-electron chi connectivity index (χ2n) is 6.22. The van der Waals surface area contributed by atoms with E-state index in [1.54, 1.807) is 23.1 Å². The topological polar surface area (TPSA) is 47.3 Å². The number of anilines is 1. The number of nitriles is 1. The predicted octanol–water partition coefficient (Wildman–Crippen LogP) is 4.05. The number of benzene rings is 2. The van der Waals surface area contributed by atoms with Crippen LogP contribution in [0.4, 0.5) is 10.1 Å². The second-order valence-corrected chi connectivity index (χ2v) is 7.15. The Balaban J connectivity index is 1.70. The Bertz CT molecular complexity index is 922. The van der Waals surface area contributed by atoms with Crippen LogP contribution in [-0.2, 0) is 4.79 Å². The monoisotopic (exact) mass is 365 g/mol. The third-order valence-corrected chi connectivity index (χ3v) is 5.85. The van der Waals surface area contributed by atoms with Crippen molar-refractivity contribution in [1.82, 2.24) is 4.90 Å². The molecule has 2 aromatic rings. The lowest BCUT2D eigenvalue weighted by Crippen LogP contribution is -2.47. The van der Waals surface area contributed by atoms with Crippen LogP contribution in [0.5, 0.6) is 0 Å². The zero-order valence-corrected chi connectivity index (χ0v) is 14.7. The average Bonchev–Trinajstić information content (AvgIpc) is 2.69. The van der Waals surface area contributed by atoms with Gasteiger partial charge in [-0.05, 0) is 23.8 Å². The Morgan fingerprint density at radius 3 is 2.58 bits per heavy atom. The molecule has 0 N–H and O–H groups in total. The number of nitrogens with zero attached hydrogens (tertiary/aromatic N) is 3. The maximum atomic E-state index is 14.2. The zero-order chi connectivity index (χ0) is 18.1. The lowest BCUT2D eigenvalue weighted by atomic mass is 9.86. The molecular weight excluding hydrogens is 349 g/mol. The number of allylic oxidation sites excluding steroid dienone is 1. The first-order valence-corrected chi connectivity index (χ1v) is 9.29. The summed E-state index contributed by atoms with van der Waals surface area (Å²) in [7, 11) is 0. The van der Waals surface area contributed by atoms with Crippen LogP contribution in [0, 0.1) is 17.1 Å². The highest BCUT2D eigenvalue weighted by molar-refractivity contribution is 8.03. The van der Waals surface area contributed by atoms with E-state index in [0.717, 1.165) is 5.69 Å². The van der Waals surface area contributed by atoms with E-state index < -0.39 is 5.92 Å². The van der Waals surface area contributed by atoms with E-state index in [2.05, 4.69) is 11.0 Å². The SMILES string of the molecule is N#CC1=C2SCN(c3ccccc3)CN2C(=O)CC1c1ccccc1F. The van der Waals surface area contributed by atoms with E-state index in [-0.39, 0.29) is 18.1 Å². The summed E-state index contributed by atoms with van der Waals surface area (Å²) in [6, 6.07) is 18.5. The molecule has 6 heteroatoms. The minimum Gasteiger partial charge on any atom is -0.344 e. The minimum absolute atomic E-state index is 0.0830. The molecule has 1 fully saturated rings. The van der Waals surface area contributed by atoms with Crippen molar-refractivity contribution in [2.24, 2.45) is 0 Å². The number of para-hydroxylation sites is 1. The van der Waals surface area contributed by atoms with Gasteiger partial charge in [-0.1, -0.05) is 48.2 Å². The molecule has 0 spiro atoms. The Morgan fingerprint density at radius 2 is 1.85 bits per heavy atom. The summed E-state index contributed by atoms with van der Waals surface area (Å²) >= 11 is 1.46. The molecule has 1 atom stereocenters. The average molecular weight is 365 g/mol. The van der Waals surface area contributed by atoms with Gasteiger partial charge in [-0.3, -0.25) is 9.69 Å². The molecule has 4 nitrogen and oxygen atoms in total. The quantitative estimate of drug-likeness (QED) is 0.806. The number of fused-ring (bicyclic) bond motifs is 1. The van der Waals surface area contributed by atoms with E-state index in [1.807, 2.05) is 30.3 Å². The molecule has 0 radical (unpaired) electrons. The van der Waals surface area contributed by atoms with Gasteiger partial charge < -0.3 is 4.90 Å². The van der Waals surface area contributed by atoms with Crippen molar-refractivity contribution in [3.05, 3.63) is 76.6 Å². The van der Waals surface area contributed by atoms with Crippen LogP contribution in [0.3, 0.4) is 0 Å². The van der Waals surface area contributed by atoms with Gasteiger partial charge in [0.2, 0.25) is 5.91 Å². The summed E-state index contributed by atoms with van der Waals surface area (Å²) in [4.78, 5) is 16.5. The van der Waals surface area contributed by atoms with Crippen molar-refractivity contribution in [3.63, 3.8) is 0 Å². The largest absolute Gasteiger partial charge is 0.344 e. The molecule has 0 aliphatic carbocycles. The first kappa shape index (κ1) is 16.7. The molecule has 0 bridgehead atoms. The van der Waals surface area contributed by atoms with Gasteiger partial charge >= 0.3 is 0 Å². The lowest BCUT2D eigenvalue weighted by Gasteiger charge is -2.42. The van der Waals surface area contributed by atoms with Gasteiger partial charge in [0, 0.05) is 18.0 Å². The fourth-order valence-corrected chi connectivity index (χ4v) is 4.56. The van der Waals surface area contributed by atoms with Gasteiger partial charge in [0.1, 0.15) is 5.82 Å². The smallest absolute Gasteiger partial charge is 0.229 e. The number of rotatable bonds is 2. The molecule has 4 rings (SSSR count). The van der Waals surface area contributed by atoms with Crippen LogP contribution in [0.1, 0.15) is 17.9 Å². The highest BCUT2D eigenvalue weighted by atomic mass is 32.2. The first-order chi connectivity index (χ1) is 12.7. The Labute approximate surface area is 155 Å². The first-order valence-electron chi connectivity index (χ1n) is 8.31. The van der Waals surface area contributed by atoms with E-state index in [1.165, 1.54) is 17.8 Å². The van der Waals surface area contributed by atoms with Crippen LogP contribution in [0.15, 0.2) is 65.2 Å². The molecule has 1 saturated heterocycles. The van der Waals surface area contributed by atoms with Crippen molar-refractivity contribution in [2.45, 2.75) is 12.3 Å². The predicted molar refractivity (Wildman–Crippen MR) is 99.5 cm³/mol. The van der Waals surface area contributed by atoms with Crippen LogP contribution >= 0.6 is 11.8 Å². The number of amides is 1. The summed E-state index contributed by atoms with van der Waals surface area (Å²) in [5.41, 5.74) is 1.92. The normalized spacial score (nSPS) is 20.0. The van der Waals surface area contributed by atoms with Gasteiger partial charge in [-0.25, -0.2) is 4.39 Å². The van der Waals surface area contributed by atoms with Gasteiger partial charge in [0.05, 0.1) is 29.2 Å². The van der Waals surface area contributed by atoms with Crippen molar-refractivity contribution in [3.8, 4) is 6.07 Å². The Morgan fingerprint density at radius 1 is 1.12 bits per heavy atom. The summed E-state index contributed by atoms with van der Waals surface area (Å²) in [5.74, 6) is -0.340. The molecule has 0 aromatic heterocycles. The second kappa shape index (κ2) is 6.85. The molecule has 2 aliphatic rings. The van der Waals surface area contributed by atoms with Crippen LogP contribution in [0.25, 0.3) is 0 Å². The summed E-state index contributed by atoms with van der Waals surface area (Å²) in [6.07, 6.45) is 0.108. The van der Waals surface area contributed by atoms with Crippen molar-refractivity contribution in [1.29, 1.82) is 5.26 Å². The Hall–Kier alpha value is -2.78. The van der Waals surface area contributed by atoms with Gasteiger partial charge in [-0.2, -0.15) is 5.26 Å². The highest BCUT2D eigenvalue weighted by Crippen LogP contribution is 2.43. The molecule has 1 unspecified atom stereocenters. The maximum Gasteiger partial charge on any atom is 0.229 e. The van der Waals surface area contributed by atoms with Gasteiger partial charge in [0.15, 0.2) is 0 Å². The molecule has 0 saturated carbocycles. The lowest BCUT2D eigenvalue weighted by molar-refractivity contribution is -0.129. The molecule has 26 heavy (non-hydrogen) atoms. The van der Waals surface area contributed by atoms with Crippen LogP contribution in [0.2, 0.25) is 0 Å². The van der Waals surface area contributed by atoms with Crippen molar-refractivity contribution < 1.29 is 9.18 Å². The fraction of sp³-hybridized carbons (Fsp3) is 0.200. The summed E-state index contributed by atoms with van der Waals surface area (Å²) in [5, 5.41) is 10.4. The molecule has 130 valence electrons. The minimum atomic E-state index is -0.518. The van der Waals surface area contributed by atoms with Crippen LogP contribution < -0.4 is 4.90 Å². The summed E-state index contributed by atoms with van der Waals surface area (Å²) in [6.45, 7) is 0.403. The van der Waals surface area contributed by atoms with Gasteiger partial charge in [0.25, 0.3) is 0 Å². The van der Waals surface area contributed by atoms with Crippen molar-refractivity contribution >= 4 is 23.4 Å². The number of carbonyl (C=O) groups excluding carboxylic acids is 1. The molecule has 2 aromatic carbocycles. The van der Waals surface area contributed by atoms with E-state index >= 15 is 0 Å². The molecular formula is C20H16FN3OS. The Kier molecular flexibility index (Phi) is 4.39. The zero-order valence-electron chi connectivity index (χ0n) is 13.9. The van der Waals surface area contributed by atoms with Gasteiger partial charge in [-0.15, -0.1) is 0 Å². The number of hydrogen-bond acceptors (Lipinski definition) is 4. The fourth-order valence-electron chi connectivity index (χ4n) is 3.39. The third kappa shape index (κ3) is 2.85. The standard InChI is InChI=1S/C20H16FN3OS/c21-18-9-5-4-8-15(18)16-10-19(25)24-12-23(14-6-2-1-3-7-14)13-26-20(24)17(16)11-22/h1-9,16H,10,12-13H2. The maximum absolute atomic E-state index is 14.2. The van der Waals surface area contributed by atoms with Crippen molar-refractivity contribution in [2.75, 3.05) is 17.4 Å². The number of thioether (sulfide) groups is 1. The summed E-state index contributed by atoms with van der Waals surface area (Å²) < 4.78 is 14.2. The van der Waals surface area contributed by atoms with E-state index in [0.29, 0.717) is 28.7 Å². The van der Waals surface area contributed by atoms with Crippen LogP contribution in [-0.4, -0.2) is 23.4 Å². The number of carbonyl (C=O) groups is 1. The molecule has 2 heterocycles. The number of hydrogen-bond donors (Lipinski definition) is 0. The highest BCUT2D eigenvalue weighted by Gasteiger charge is 2.39.